The average molecular weight is 416 g/mol. The van der Waals surface area contributed by atoms with E-state index < -0.39 is 17.6 Å². The maximum atomic E-state index is 12.6. The van der Waals surface area contributed by atoms with Gasteiger partial charge in [0.2, 0.25) is 0 Å². The Bertz CT molecular complexity index is 1140. The summed E-state index contributed by atoms with van der Waals surface area (Å²) >= 11 is 0. The zero-order valence-corrected chi connectivity index (χ0v) is 16.1. The summed E-state index contributed by atoms with van der Waals surface area (Å²) in [7, 11) is 0. The third-order valence-electron chi connectivity index (χ3n) is 4.42. The Labute approximate surface area is 170 Å². The number of aromatic nitrogens is 2. The Hall–Kier alpha value is -3.49. The number of fused-ring (bicyclic) bond motifs is 1. The van der Waals surface area contributed by atoms with Gasteiger partial charge in [0.1, 0.15) is 0 Å². The number of nitrogens with one attached hydrogen (secondary N) is 1. The lowest BCUT2D eigenvalue weighted by Gasteiger charge is -2.09. The van der Waals surface area contributed by atoms with Crippen LogP contribution >= 0.6 is 0 Å². The van der Waals surface area contributed by atoms with E-state index in [9.17, 15) is 22.8 Å². The normalized spacial score (nSPS) is 11.9. The molecule has 1 aromatic heterocycles. The molecule has 0 fully saturated rings. The minimum absolute atomic E-state index is 0.0471. The number of hydrogen-bond acceptors (Lipinski definition) is 4. The molecule has 0 aliphatic carbocycles. The lowest BCUT2D eigenvalue weighted by Crippen LogP contribution is -2.29. The van der Waals surface area contributed by atoms with Gasteiger partial charge in [-0.1, -0.05) is 43.7 Å². The average Bonchev–Trinajstić information content (AvgIpc) is 2.73. The highest BCUT2D eigenvalue weighted by Crippen LogP contribution is 2.28. The van der Waals surface area contributed by atoms with Gasteiger partial charge in [0.15, 0.2) is 5.69 Å². The van der Waals surface area contributed by atoms with Crippen LogP contribution in [0, 0.1) is 0 Å². The van der Waals surface area contributed by atoms with Crippen LogP contribution in [0.2, 0.25) is 0 Å². The number of amides is 1. The van der Waals surface area contributed by atoms with E-state index in [1.54, 1.807) is 24.3 Å². The number of benzene rings is 2. The van der Waals surface area contributed by atoms with E-state index in [1.807, 2.05) is 6.92 Å². The molecule has 0 aliphatic heterocycles. The van der Waals surface area contributed by atoms with Crippen LogP contribution in [-0.4, -0.2) is 21.9 Å². The van der Waals surface area contributed by atoms with Gasteiger partial charge in [-0.2, -0.15) is 23.4 Å². The fourth-order valence-electron chi connectivity index (χ4n) is 2.84. The molecule has 0 atom stereocenters. The van der Waals surface area contributed by atoms with Crippen LogP contribution < -0.4 is 11.0 Å². The van der Waals surface area contributed by atoms with Crippen LogP contribution in [0.15, 0.2) is 58.4 Å². The van der Waals surface area contributed by atoms with E-state index in [4.69, 9.17) is 0 Å². The molecule has 1 heterocycles. The molecule has 6 nitrogen and oxygen atoms in total. The van der Waals surface area contributed by atoms with Crippen molar-refractivity contribution in [3.8, 4) is 0 Å². The summed E-state index contributed by atoms with van der Waals surface area (Å²) in [6.07, 6.45) is -1.59. The predicted octanol–water partition coefficient (Wildman–Crippen LogP) is 3.98. The molecule has 0 saturated heterocycles. The van der Waals surface area contributed by atoms with Crippen LogP contribution in [0.5, 0.6) is 0 Å². The molecule has 1 amide bonds. The first-order valence-corrected chi connectivity index (χ1v) is 9.31. The van der Waals surface area contributed by atoms with E-state index >= 15 is 0 Å². The highest BCUT2D eigenvalue weighted by molar-refractivity contribution is 6.04. The number of carbonyl (C=O) groups is 1. The third-order valence-corrected chi connectivity index (χ3v) is 4.42. The number of aryl methyl sites for hydroxylation is 1. The molecule has 0 bridgehead atoms. The molecule has 2 aromatic carbocycles. The molecular weight excluding hydrogens is 397 g/mol. The van der Waals surface area contributed by atoms with Crippen LogP contribution in [0.1, 0.15) is 41.4 Å². The first kappa shape index (κ1) is 21.2. The first-order valence-electron chi connectivity index (χ1n) is 9.31. The monoisotopic (exact) mass is 416 g/mol. The van der Waals surface area contributed by atoms with E-state index in [1.165, 1.54) is 23.0 Å². The zero-order valence-electron chi connectivity index (χ0n) is 16.1. The Kier molecular flexibility index (Phi) is 6.29. The summed E-state index contributed by atoms with van der Waals surface area (Å²) < 4.78 is 39.1. The van der Waals surface area contributed by atoms with Gasteiger partial charge in [-0.25, -0.2) is 10.1 Å². The molecule has 0 saturated carbocycles. The van der Waals surface area contributed by atoms with Gasteiger partial charge in [-0.15, -0.1) is 0 Å². The molecule has 0 radical (unpaired) electrons. The standard InChI is InChI=1S/C21H19F3N4O2/c1-2-3-12-28-20(30)17-7-5-4-6-16(17)18(27-28)19(29)26-25-13-14-8-10-15(11-9-14)21(22,23)24/h4-11,13H,2-3,12H2,1H3,(H,26,29)/b25-13+. The number of nitrogens with zero attached hydrogens (tertiary/aromatic N) is 3. The second-order valence-corrected chi connectivity index (χ2v) is 6.59. The first-order chi connectivity index (χ1) is 14.3. The topological polar surface area (TPSA) is 76.3 Å². The number of hydrogen-bond donors (Lipinski definition) is 1. The molecule has 3 aromatic rings. The van der Waals surface area contributed by atoms with Crippen LogP contribution in [0.25, 0.3) is 10.8 Å². The fourth-order valence-corrected chi connectivity index (χ4v) is 2.84. The van der Waals surface area contributed by atoms with Crippen molar-refractivity contribution in [2.75, 3.05) is 0 Å². The Morgan fingerprint density at radius 3 is 2.43 bits per heavy atom. The van der Waals surface area contributed by atoms with E-state index in [0.717, 1.165) is 25.0 Å². The third kappa shape index (κ3) is 4.73. The van der Waals surface area contributed by atoms with Crippen LogP contribution in [0.4, 0.5) is 13.2 Å². The van der Waals surface area contributed by atoms with Gasteiger partial charge < -0.3 is 0 Å². The maximum Gasteiger partial charge on any atom is 0.416 e. The van der Waals surface area contributed by atoms with Crippen molar-refractivity contribution in [3.05, 3.63) is 75.7 Å². The van der Waals surface area contributed by atoms with Gasteiger partial charge in [-0.3, -0.25) is 9.59 Å². The molecular formula is C21H19F3N4O2. The van der Waals surface area contributed by atoms with E-state index in [0.29, 0.717) is 22.9 Å². The van der Waals surface area contributed by atoms with Crippen molar-refractivity contribution >= 4 is 22.9 Å². The lowest BCUT2D eigenvalue weighted by molar-refractivity contribution is -0.137. The van der Waals surface area contributed by atoms with Crippen molar-refractivity contribution in [1.82, 2.24) is 15.2 Å². The smallest absolute Gasteiger partial charge is 0.267 e. The number of halogens is 3. The summed E-state index contributed by atoms with van der Waals surface area (Å²) in [5.74, 6) is -0.625. The predicted molar refractivity (Wildman–Crippen MR) is 107 cm³/mol. The summed E-state index contributed by atoms with van der Waals surface area (Å²) in [4.78, 5) is 25.2. The lowest BCUT2D eigenvalue weighted by atomic mass is 10.1. The molecule has 0 spiro atoms. The fraction of sp³-hybridized carbons (Fsp3) is 0.238. The van der Waals surface area contributed by atoms with Crippen LogP contribution in [0.3, 0.4) is 0 Å². The SMILES string of the molecule is CCCCn1nc(C(=O)N/N=C/c2ccc(C(F)(F)F)cc2)c2ccccc2c1=O. The number of rotatable bonds is 6. The summed E-state index contributed by atoms with van der Waals surface area (Å²) in [5, 5.41) is 8.77. The minimum Gasteiger partial charge on any atom is -0.267 e. The Morgan fingerprint density at radius 1 is 1.13 bits per heavy atom. The number of alkyl halides is 3. The quantitative estimate of drug-likeness (QED) is 0.488. The Morgan fingerprint density at radius 2 is 1.80 bits per heavy atom. The van der Waals surface area contributed by atoms with Crippen molar-refractivity contribution in [2.24, 2.45) is 5.10 Å². The summed E-state index contributed by atoms with van der Waals surface area (Å²) in [5.41, 5.74) is 1.70. The molecule has 9 heteroatoms. The largest absolute Gasteiger partial charge is 0.416 e. The van der Waals surface area contributed by atoms with Crippen molar-refractivity contribution in [2.45, 2.75) is 32.5 Å². The second-order valence-electron chi connectivity index (χ2n) is 6.59. The van der Waals surface area contributed by atoms with Crippen LogP contribution in [-0.2, 0) is 12.7 Å². The van der Waals surface area contributed by atoms with E-state index in [-0.39, 0.29) is 11.3 Å². The minimum atomic E-state index is -4.42. The van der Waals surface area contributed by atoms with Gasteiger partial charge in [0, 0.05) is 11.9 Å². The summed E-state index contributed by atoms with van der Waals surface area (Å²) in [6, 6.07) is 11.0. The highest BCUT2D eigenvalue weighted by atomic mass is 19.4. The molecule has 1 N–H and O–H groups in total. The Balaban J connectivity index is 1.83. The van der Waals surface area contributed by atoms with Crippen molar-refractivity contribution in [3.63, 3.8) is 0 Å². The molecule has 3 rings (SSSR count). The number of hydrazone groups is 1. The van der Waals surface area contributed by atoms with Gasteiger partial charge >= 0.3 is 6.18 Å². The molecule has 156 valence electrons. The number of carbonyl (C=O) groups excluding carboxylic acids is 1. The second kappa shape index (κ2) is 8.89. The maximum absolute atomic E-state index is 12.6. The summed E-state index contributed by atoms with van der Waals surface area (Å²) in [6.45, 7) is 2.37. The van der Waals surface area contributed by atoms with Gasteiger partial charge in [0.25, 0.3) is 11.5 Å². The van der Waals surface area contributed by atoms with Gasteiger partial charge in [0.05, 0.1) is 17.2 Å². The molecule has 0 aliphatic rings. The molecule has 30 heavy (non-hydrogen) atoms. The highest BCUT2D eigenvalue weighted by Gasteiger charge is 2.29. The van der Waals surface area contributed by atoms with Crippen molar-refractivity contribution < 1.29 is 18.0 Å². The van der Waals surface area contributed by atoms with Gasteiger partial charge in [-0.05, 0) is 30.2 Å². The molecule has 0 unspecified atom stereocenters. The van der Waals surface area contributed by atoms with E-state index in [2.05, 4.69) is 15.6 Å². The number of unbranched alkanes of at least 4 members (excludes halogenated alkanes) is 1. The van der Waals surface area contributed by atoms with Crippen molar-refractivity contribution in [1.29, 1.82) is 0 Å². The zero-order chi connectivity index (χ0) is 21.7.